The van der Waals surface area contributed by atoms with Crippen molar-refractivity contribution in [1.82, 2.24) is 9.91 Å². The number of ether oxygens (including phenoxy) is 1. The van der Waals surface area contributed by atoms with Gasteiger partial charge in [0.15, 0.2) is 0 Å². The second kappa shape index (κ2) is 5.46. The zero-order valence-electron chi connectivity index (χ0n) is 11.4. The van der Waals surface area contributed by atoms with Crippen LogP contribution in [0.4, 0.5) is 10.5 Å². The smallest absolute Gasteiger partial charge is 0.343 e. The summed E-state index contributed by atoms with van der Waals surface area (Å²) in [6.07, 6.45) is 0. The molecule has 0 saturated carbocycles. The predicted molar refractivity (Wildman–Crippen MR) is 73.0 cm³/mol. The fraction of sp³-hybridized carbons (Fsp3) is 0.462. The van der Waals surface area contributed by atoms with E-state index in [4.69, 9.17) is 4.74 Å². The summed E-state index contributed by atoms with van der Waals surface area (Å²) in [5.41, 5.74) is 2.08. The first kappa shape index (κ1) is 12.9. The molecule has 0 N–H and O–H groups in total. The third-order valence-electron chi connectivity index (χ3n) is 3.33. The van der Waals surface area contributed by atoms with Crippen LogP contribution in [-0.2, 0) is 4.74 Å². The number of hydrogen-bond acceptors (Lipinski definition) is 5. The quantitative estimate of drug-likeness (QED) is 0.785. The van der Waals surface area contributed by atoms with E-state index in [0.29, 0.717) is 33.0 Å². The molecule has 1 saturated heterocycles. The van der Waals surface area contributed by atoms with Crippen LogP contribution >= 0.6 is 0 Å². The summed E-state index contributed by atoms with van der Waals surface area (Å²) in [4.78, 5) is 14.0. The van der Waals surface area contributed by atoms with Gasteiger partial charge in [0.25, 0.3) is 0 Å². The molecule has 0 radical (unpaired) electrons. The molecular formula is C13H17N5O2. The summed E-state index contributed by atoms with van der Waals surface area (Å²) in [5, 5.41) is 11.1. The number of carbonyl (C=O) groups excluding carboxylic acids is 1. The maximum atomic E-state index is 12.3. The molecule has 7 heteroatoms. The van der Waals surface area contributed by atoms with Gasteiger partial charge in [0.1, 0.15) is 6.67 Å². The first-order chi connectivity index (χ1) is 9.74. The Bertz CT molecular complexity index is 527. The molecule has 3 rings (SSSR count). The largest absolute Gasteiger partial charge is 0.378 e. The van der Waals surface area contributed by atoms with Crippen molar-refractivity contribution >= 4 is 11.7 Å². The molecule has 1 fully saturated rings. The van der Waals surface area contributed by atoms with Crippen molar-refractivity contribution in [2.75, 3.05) is 38.0 Å². The number of anilines is 1. The average Bonchev–Trinajstić information content (AvgIpc) is 2.97. The van der Waals surface area contributed by atoms with Crippen molar-refractivity contribution in [3.8, 4) is 0 Å². The fourth-order valence-electron chi connectivity index (χ4n) is 2.22. The van der Waals surface area contributed by atoms with Crippen LogP contribution in [0.25, 0.3) is 0 Å². The van der Waals surface area contributed by atoms with Crippen LogP contribution in [0.1, 0.15) is 5.56 Å². The minimum absolute atomic E-state index is 0.118. The minimum atomic E-state index is -0.118. The second-order valence-corrected chi connectivity index (χ2v) is 4.84. The zero-order valence-corrected chi connectivity index (χ0v) is 11.4. The molecule has 2 amide bonds. The van der Waals surface area contributed by atoms with E-state index in [9.17, 15) is 4.79 Å². The van der Waals surface area contributed by atoms with Crippen LogP contribution < -0.4 is 5.01 Å². The highest BCUT2D eigenvalue weighted by molar-refractivity contribution is 5.74. The number of aryl methyl sites for hydroxylation is 1. The number of hydrogen-bond donors (Lipinski definition) is 0. The first-order valence-corrected chi connectivity index (χ1v) is 6.64. The summed E-state index contributed by atoms with van der Waals surface area (Å²) >= 11 is 0. The highest BCUT2D eigenvalue weighted by atomic mass is 16.5. The van der Waals surface area contributed by atoms with Crippen molar-refractivity contribution in [2.24, 2.45) is 10.4 Å². The van der Waals surface area contributed by atoms with Crippen LogP contribution in [0.15, 0.2) is 34.7 Å². The van der Waals surface area contributed by atoms with E-state index in [1.165, 1.54) is 5.01 Å². The first-order valence-electron chi connectivity index (χ1n) is 6.64. The Morgan fingerprint density at radius 1 is 1.25 bits per heavy atom. The normalized spacial score (nSPS) is 18.8. The number of amides is 2. The molecule has 7 nitrogen and oxygen atoms in total. The number of nitrogens with zero attached hydrogens (tertiary/aromatic N) is 5. The van der Waals surface area contributed by atoms with Gasteiger partial charge >= 0.3 is 6.03 Å². The summed E-state index contributed by atoms with van der Waals surface area (Å²) in [7, 11) is 0. The lowest BCUT2D eigenvalue weighted by Crippen LogP contribution is -2.47. The van der Waals surface area contributed by atoms with Gasteiger partial charge in [-0.1, -0.05) is 12.1 Å². The van der Waals surface area contributed by atoms with Crippen molar-refractivity contribution in [1.29, 1.82) is 0 Å². The van der Waals surface area contributed by atoms with Gasteiger partial charge < -0.3 is 9.64 Å². The number of rotatable bonds is 1. The van der Waals surface area contributed by atoms with E-state index in [0.717, 1.165) is 11.3 Å². The van der Waals surface area contributed by atoms with Gasteiger partial charge in [-0.05, 0) is 35.1 Å². The minimum Gasteiger partial charge on any atom is -0.378 e. The van der Waals surface area contributed by atoms with Gasteiger partial charge in [0, 0.05) is 13.1 Å². The van der Waals surface area contributed by atoms with Crippen LogP contribution in [0.3, 0.4) is 0 Å². The molecule has 0 aliphatic carbocycles. The fourth-order valence-corrected chi connectivity index (χ4v) is 2.22. The maximum absolute atomic E-state index is 12.3. The summed E-state index contributed by atoms with van der Waals surface area (Å²) in [5.74, 6) is 0. The van der Waals surface area contributed by atoms with Gasteiger partial charge in [-0.3, -0.25) is 0 Å². The third kappa shape index (κ3) is 2.57. The Kier molecular flexibility index (Phi) is 3.51. The molecule has 2 heterocycles. The van der Waals surface area contributed by atoms with E-state index in [1.807, 2.05) is 31.2 Å². The molecule has 0 spiro atoms. The molecule has 0 bridgehead atoms. The summed E-state index contributed by atoms with van der Waals surface area (Å²) < 4.78 is 5.24. The van der Waals surface area contributed by atoms with Crippen LogP contribution in [0.2, 0.25) is 0 Å². The van der Waals surface area contributed by atoms with Gasteiger partial charge in [0.05, 0.1) is 18.9 Å². The molecule has 2 aliphatic rings. The van der Waals surface area contributed by atoms with Gasteiger partial charge in [-0.2, -0.15) is 5.01 Å². The van der Waals surface area contributed by atoms with Crippen molar-refractivity contribution < 1.29 is 9.53 Å². The highest BCUT2D eigenvalue weighted by Crippen LogP contribution is 2.21. The van der Waals surface area contributed by atoms with E-state index in [2.05, 4.69) is 10.4 Å². The third-order valence-corrected chi connectivity index (χ3v) is 3.33. The lowest BCUT2D eigenvalue weighted by molar-refractivity contribution is 0.0443. The molecular weight excluding hydrogens is 258 g/mol. The lowest BCUT2D eigenvalue weighted by atomic mass is 10.2. The van der Waals surface area contributed by atoms with E-state index in [1.54, 1.807) is 9.91 Å². The monoisotopic (exact) mass is 275 g/mol. The number of urea groups is 1. The average molecular weight is 275 g/mol. The Labute approximate surface area is 117 Å². The topological polar surface area (TPSA) is 60.7 Å². The van der Waals surface area contributed by atoms with Gasteiger partial charge in [-0.25, -0.2) is 9.80 Å². The Morgan fingerprint density at radius 2 is 2.05 bits per heavy atom. The number of morpholine rings is 1. The SMILES string of the molecule is Cc1cccc(N2CN(C(=O)N3CCOCC3)N=N2)c1. The molecule has 1 aromatic carbocycles. The molecule has 1 aromatic rings. The van der Waals surface area contributed by atoms with Crippen molar-refractivity contribution in [3.05, 3.63) is 29.8 Å². The second-order valence-electron chi connectivity index (χ2n) is 4.84. The van der Waals surface area contributed by atoms with Gasteiger partial charge in [-0.15, -0.1) is 0 Å². The molecule has 106 valence electrons. The zero-order chi connectivity index (χ0) is 13.9. The van der Waals surface area contributed by atoms with Gasteiger partial charge in [0.2, 0.25) is 0 Å². The van der Waals surface area contributed by atoms with E-state index in [-0.39, 0.29) is 6.03 Å². The highest BCUT2D eigenvalue weighted by Gasteiger charge is 2.28. The molecule has 20 heavy (non-hydrogen) atoms. The van der Waals surface area contributed by atoms with Crippen LogP contribution in [-0.4, -0.2) is 48.9 Å². The van der Waals surface area contributed by atoms with E-state index >= 15 is 0 Å². The van der Waals surface area contributed by atoms with Crippen molar-refractivity contribution in [3.63, 3.8) is 0 Å². The summed E-state index contributed by atoms with van der Waals surface area (Å²) in [6.45, 7) is 4.74. The Balaban J connectivity index is 1.65. The molecule has 0 atom stereocenters. The Hall–Kier alpha value is -2.15. The Morgan fingerprint density at radius 3 is 2.80 bits per heavy atom. The van der Waals surface area contributed by atoms with Crippen LogP contribution in [0, 0.1) is 6.92 Å². The maximum Gasteiger partial charge on any atom is 0.343 e. The van der Waals surface area contributed by atoms with Crippen molar-refractivity contribution in [2.45, 2.75) is 6.92 Å². The number of benzene rings is 1. The molecule has 0 aromatic heterocycles. The number of carbonyl (C=O) groups is 1. The molecule has 0 unspecified atom stereocenters. The summed E-state index contributed by atoms with van der Waals surface area (Å²) in [6, 6.07) is 7.84. The van der Waals surface area contributed by atoms with Crippen LogP contribution in [0.5, 0.6) is 0 Å². The predicted octanol–water partition coefficient (Wildman–Crippen LogP) is 1.81. The molecule has 2 aliphatic heterocycles. The van der Waals surface area contributed by atoms with E-state index < -0.39 is 0 Å². The lowest BCUT2D eigenvalue weighted by Gasteiger charge is -2.28. The standard InChI is InChI=1S/C13H17N5O2/c1-11-3-2-4-12(9-11)17-10-18(15-14-17)13(19)16-5-7-20-8-6-16/h2-4,9H,5-8,10H2,1H3.